The molecule has 1 aliphatic rings. The van der Waals surface area contributed by atoms with E-state index in [1.54, 1.807) is 0 Å². The molecule has 0 aliphatic heterocycles. The molecule has 0 bridgehead atoms. The third-order valence-electron chi connectivity index (χ3n) is 3.70. The van der Waals surface area contributed by atoms with Crippen molar-refractivity contribution >= 4 is 15.9 Å². The van der Waals surface area contributed by atoms with Gasteiger partial charge in [0.2, 0.25) is 0 Å². The van der Waals surface area contributed by atoms with E-state index in [1.807, 2.05) is 30.7 Å². The van der Waals surface area contributed by atoms with Crippen LogP contribution in [0.15, 0.2) is 41.3 Å². The Kier molecular flexibility index (Phi) is 2.99. The minimum absolute atomic E-state index is 0.0310. The summed E-state index contributed by atoms with van der Waals surface area (Å²) in [5.41, 5.74) is 8.58. The number of imidazole rings is 1. The summed E-state index contributed by atoms with van der Waals surface area (Å²) in [5, 5.41) is 0. The van der Waals surface area contributed by atoms with Crippen molar-refractivity contribution < 1.29 is 0 Å². The van der Waals surface area contributed by atoms with Crippen LogP contribution in [0.2, 0.25) is 0 Å². The van der Waals surface area contributed by atoms with Crippen LogP contribution in [0.5, 0.6) is 0 Å². The van der Waals surface area contributed by atoms with Gasteiger partial charge < -0.3 is 10.3 Å². The maximum atomic E-state index is 6.32. The molecule has 0 spiro atoms. The first-order valence-corrected chi connectivity index (χ1v) is 7.01. The summed E-state index contributed by atoms with van der Waals surface area (Å²) in [6.45, 7) is 0.851. The molecular formula is C14H16BrN3. The van der Waals surface area contributed by atoms with Crippen molar-refractivity contribution in [2.24, 2.45) is 5.73 Å². The van der Waals surface area contributed by atoms with Gasteiger partial charge in [0.1, 0.15) is 0 Å². The van der Waals surface area contributed by atoms with Crippen molar-refractivity contribution in [3.63, 3.8) is 0 Å². The molecule has 1 aliphatic carbocycles. The van der Waals surface area contributed by atoms with E-state index in [1.165, 1.54) is 6.42 Å². The van der Waals surface area contributed by atoms with Crippen LogP contribution in [0.3, 0.4) is 0 Å². The lowest BCUT2D eigenvalue weighted by Crippen LogP contribution is -2.49. The zero-order valence-corrected chi connectivity index (χ0v) is 11.7. The molecule has 3 rings (SSSR count). The largest absolute Gasteiger partial charge is 0.329 e. The first-order chi connectivity index (χ1) is 8.68. The SMILES string of the molecule is NC1(Cn2cncc2-c2ccccc2Br)CCC1. The normalized spacial score (nSPS) is 17.4. The highest BCUT2D eigenvalue weighted by Crippen LogP contribution is 2.33. The van der Waals surface area contributed by atoms with Crippen LogP contribution >= 0.6 is 15.9 Å². The smallest absolute Gasteiger partial charge is 0.0951 e. The summed E-state index contributed by atoms with van der Waals surface area (Å²) in [7, 11) is 0. The Morgan fingerprint density at radius 1 is 1.33 bits per heavy atom. The Morgan fingerprint density at radius 3 is 2.78 bits per heavy atom. The molecule has 0 saturated heterocycles. The van der Waals surface area contributed by atoms with Gasteiger partial charge >= 0.3 is 0 Å². The van der Waals surface area contributed by atoms with E-state index in [0.717, 1.165) is 35.1 Å². The summed E-state index contributed by atoms with van der Waals surface area (Å²) < 4.78 is 3.26. The van der Waals surface area contributed by atoms with Crippen LogP contribution in [0.25, 0.3) is 11.3 Å². The van der Waals surface area contributed by atoms with Gasteiger partial charge in [-0.05, 0) is 25.3 Å². The predicted molar refractivity (Wildman–Crippen MR) is 76.1 cm³/mol. The summed E-state index contributed by atoms with van der Waals surface area (Å²) in [4.78, 5) is 4.27. The fourth-order valence-electron chi connectivity index (χ4n) is 2.47. The van der Waals surface area contributed by atoms with Crippen LogP contribution in [-0.4, -0.2) is 15.1 Å². The van der Waals surface area contributed by atoms with E-state index in [2.05, 4.69) is 31.5 Å². The number of aromatic nitrogens is 2. The van der Waals surface area contributed by atoms with Crippen LogP contribution in [0, 0.1) is 0 Å². The monoisotopic (exact) mass is 305 g/mol. The second-order valence-corrected chi connectivity index (χ2v) is 5.96. The Bertz CT molecular complexity index is 558. The zero-order valence-electron chi connectivity index (χ0n) is 10.1. The summed E-state index contributed by atoms with van der Waals surface area (Å²) in [5.74, 6) is 0. The molecule has 1 fully saturated rings. The van der Waals surface area contributed by atoms with Crippen LogP contribution in [0.4, 0.5) is 0 Å². The highest BCUT2D eigenvalue weighted by Gasteiger charge is 2.33. The molecule has 0 radical (unpaired) electrons. The Balaban J connectivity index is 1.94. The van der Waals surface area contributed by atoms with E-state index < -0.39 is 0 Å². The molecule has 4 heteroatoms. The van der Waals surface area contributed by atoms with Crippen molar-refractivity contribution in [3.05, 3.63) is 41.3 Å². The van der Waals surface area contributed by atoms with E-state index >= 15 is 0 Å². The number of nitrogens with two attached hydrogens (primary N) is 1. The molecule has 94 valence electrons. The number of rotatable bonds is 3. The van der Waals surface area contributed by atoms with Crippen LogP contribution < -0.4 is 5.73 Å². The molecule has 0 atom stereocenters. The van der Waals surface area contributed by atoms with E-state index in [9.17, 15) is 0 Å². The van der Waals surface area contributed by atoms with E-state index in [-0.39, 0.29) is 5.54 Å². The van der Waals surface area contributed by atoms with Crippen LogP contribution in [-0.2, 0) is 6.54 Å². The molecule has 2 N–H and O–H groups in total. The third-order valence-corrected chi connectivity index (χ3v) is 4.39. The lowest BCUT2D eigenvalue weighted by Gasteiger charge is -2.38. The summed E-state index contributed by atoms with van der Waals surface area (Å²) in [6.07, 6.45) is 7.25. The quantitative estimate of drug-likeness (QED) is 0.946. The average molecular weight is 306 g/mol. The minimum atomic E-state index is -0.0310. The van der Waals surface area contributed by atoms with Gasteiger partial charge in [-0.2, -0.15) is 0 Å². The van der Waals surface area contributed by atoms with Gasteiger partial charge in [-0.25, -0.2) is 4.98 Å². The molecule has 0 amide bonds. The molecule has 1 saturated carbocycles. The number of nitrogens with zero attached hydrogens (tertiary/aromatic N) is 2. The van der Waals surface area contributed by atoms with Gasteiger partial charge in [0.15, 0.2) is 0 Å². The molecule has 0 unspecified atom stereocenters. The van der Waals surface area contributed by atoms with Crippen molar-refractivity contribution in [1.29, 1.82) is 0 Å². The summed E-state index contributed by atoms with van der Waals surface area (Å²) in [6, 6.07) is 8.21. The molecule has 3 nitrogen and oxygen atoms in total. The van der Waals surface area contributed by atoms with Gasteiger partial charge in [0, 0.05) is 22.1 Å². The van der Waals surface area contributed by atoms with Crippen molar-refractivity contribution in [2.75, 3.05) is 0 Å². The van der Waals surface area contributed by atoms with Gasteiger partial charge in [-0.15, -0.1) is 0 Å². The maximum absolute atomic E-state index is 6.32. The third kappa shape index (κ3) is 2.10. The van der Waals surface area contributed by atoms with Crippen molar-refractivity contribution in [1.82, 2.24) is 9.55 Å². The Morgan fingerprint density at radius 2 is 2.11 bits per heavy atom. The molecule has 1 aromatic heterocycles. The average Bonchev–Trinajstić information content (AvgIpc) is 2.75. The second-order valence-electron chi connectivity index (χ2n) is 5.10. The maximum Gasteiger partial charge on any atom is 0.0951 e. The van der Waals surface area contributed by atoms with E-state index in [4.69, 9.17) is 5.73 Å². The lowest BCUT2D eigenvalue weighted by atomic mass is 9.77. The summed E-state index contributed by atoms with van der Waals surface area (Å²) >= 11 is 3.59. The van der Waals surface area contributed by atoms with Crippen molar-refractivity contribution in [3.8, 4) is 11.3 Å². The first-order valence-electron chi connectivity index (χ1n) is 6.22. The second kappa shape index (κ2) is 4.52. The Hall–Kier alpha value is -1.13. The number of halogens is 1. The standard InChI is InChI=1S/C14H16BrN3/c15-12-5-2-1-4-11(12)13-8-17-10-18(13)9-14(16)6-3-7-14/h1-2,4-5,8,10H,3,6-7,9,16H2. The van der Waals surface area contributed by atoms with Gasteiger partial charge in [0.05, 0.1) is 18.2 Å². The highest BCUT2D eigenvalue weighted by molar-refractivity contribution is 9.10. The van der Waals surface area contributed by atoms with Gasteiger partial charge in [-0.3, -0.25) is 0 Å². The number of hydrogen-bond donors (Lipinski definition) is 1. The molecule has 1 aromatic carbocycles. The fraction of sp³-hybridized carbons (Fsp3) is 0.357. The zero-order chi connectivity index (χ0) is 12.6. The Labute approximate surface area is 115 Å². The van der Waals surface area contributed by atoms with Gasteiger partial charge in [-0.1, -0.05) is 34.1 Å². The highest BCUT2D eigenvalue weighted by atomic mass is 79.9. The fourth-order valence-corrected chi connectivity index (χ4v) is 2.96. The molecule has 2 aromatic rings. The predicted octanol–water partition coefficient (Wildman–Crippen LogP) is 3.19. The van der Waals surface area contributed by atoms with Crippen molar-refractivity contribution in [2.45, 2.75) is 31.3 Å². The minimum Gasteiger partial charge on any atom is -0.329 e. The number of hydrogen-bond acceptors (Lipinski definition) is 2. The number of benzene rings is 1. The van der Waals surface area contributed by atoms with E-state index in [0.29, 0.717) is 0 Å². The van der Waals surface area contributed by atoms with Crippen LogP contribution in [0.1, 0.15) is 19.3 Å². The lowest BCUT2D eigenvalue weighted by molar-refractivity contribution is 0.216. The van der Waals surface area contributed by atoms with Gasteiger partial charge in [0.25, 0.3) is 0 Å². The first kappa shape index (κ1) is 11.9. The molecule has 1 heterocycles. The molecular weight excluding hydrogens is 290 g/mol. The molecule has 18 heavy (non-hydrogen) atoms. The topological polar surface area (TPSA) is 43.8 Å².